The molecule has 0 spiro atoms. The summed E-state index contributed by atoms with van der Waals surface area (Å²) in [5.41, 5.74) is 8.00. The van der Waals surface area contributed by atoms with Crippen molar-refractivity contribution in [3.8, 4) is 0 Å². The summed E-state index contributed by atoms with van der Waals surface area (Å²) in [7, 11) is 3.51. The molecule has 1 aliphatic rings. The minimum atomic E-state index is -0.00324. The number of benzene rings is 1. The van der Waals surface area contributed by atoms with E-state index in [4.69, 9.17) is 5.73 Å². The van der Waals surface area contributed by atoms with Crippen LogP contribution < -0.4 is 11.1 Å². The molecule has 1 fully saturated rings. The fourth-order valence-electron chi connectivity index (χ4n) is 1.98. The maximum Gasteiger partial charge on any atom is 0.255 e. The molecule has 104 valence electrons. The third-order valence-corrected chi connectivity index (χ3v) is 4.94. The molecule has 1 amide bonds. The predicted octanol–water partition coefficient (Wildman–Crippen LogP) is 2.28. The number of nitrogens with zero attached hydrogens (tertiary/aromatic N) is 1. The van der Waals surface area contributed by atoms with Gasteiger partial charge in [0.25, 0.3) is 5.91 Å². The fraction of sp³-hybridized carbons (Fsp3) is 0.500. The fourth-order valence-corrected chi connectivity index (χ4v) is 2.71. The van der Waals surface area contributed by atoms with Gasteiger partial charge < -0.3 is 16.0 Å². The minimum Gasteiger partial charge on any atom is -0.399 e. The van der Waals surface area contributed by atoms with Crippen LogP contribution >= 0.6 is 11.8 Å². The van der Waals surface area contributed by atoms with Crippen molar-refractivity contribution in [2.24, 2.45) is 0 Å². The molecule has 0 aliphatic heterocycles. The molecule has 4 nitrogen and oxygen atoms in total. The Labute approximate surface area is 118 Å². The number of nitrogens with one attached hydrogen (secondary N) is 1. The van der Waals surface area contributed by atoms with Crippen LogP contribution in [-0.4, -0.2) is 42.4 Å². The standard InChI is InChI=1S/C14H21N3OS/c1-17(2)13(18)11-5-4-10(15)8-12(11)16-9-14(19-3)6-7-14/h4-5,8,16H,6-7,9,15H2,1-3H3. The molecule has 0 bridgehead atoms. The zero-order valence-corrected chi connectivity index (χ0v) is 12.5. The van der Waals surface area contributed by atoms with Crippen LogP contribution in [0.4, 0.5) is 11.4 Å². The largest absolute Gasteiger partial charge is 0.399 e. The van der Waals surface area contributed by atoms with E-state index in [1.54, 1.807) is 31.1 Å². The first-order valence-electron chi connectivity index (χ1n) is 6.38. The van der Waals surface area contributed by atoms with Gasteiger partial charge in [-0.25, -0.2) is 0 Å². The third kappa shape index (κ3) is 3.15. The molecule has 0 radical (unpaired) electrons. The number of amides is 1. The number of carbonyl (C=O) groups excluding carboxylic acids is 1. The number of nitrogens with two attached hydrogens (primary N) is 1. The zero-order valence-electron chi connectivity index (χ0n) is 11.7. The van der Waals surface area contributed by atoms with Crippen LogP contribution in [0.3, 0.4) is 0 Å². The number of hydrogen-bond donors (Lipinski definition) is 2. The summed E-state index contributed by atoms with van der Waals surface area (Å²) in [5.74, 6) is -0.00324. The Hall–Kier alpha value is -1.36. The second kappa shape index (κ2) is 5.33. The van der Waals surface area contributed by atoms with Crippen molar-refractivity contribution in [2.45, 2.75) is 17.6 Å². The smallest absolute Gasteiger partial charge is 0.255 e. The third-order valence-electron chi connectivity index (χ3n) is 3.52. The van der Waals surface area contributed by atoms with Crippen molar-refractivity contribution in [1.29, 1.82) is 0 Å². The number of hydrogen-bond acceptors (Lipinski definition) is 4. The molecule has 1 aromatic carbocycles. The van der Waals surface area contributed by atoms with Crippen molar-refractivity contribution < 1.29 is 4.79 Å². The van der Waals surface area contributed by atoms with Crippen LogP contribution in [-0.2, 0) is 0 Å². The molecule has 0 unspecified atom stereocenters. The molecule has 1 aliphatic carbocycles. The summed E-state index contributed by atoms with van der Waals surface area (Å²) in [4.78, 5) is 13.7. The van der Waals surface area contributed by atoms with E-state index in [1.807, 2.05) is 17.8 Å². The van der Waals surface area contributed by atoms with Gasteiger partial charge in [-0.2, -0.15) is 11.8 Å². The van der Waals surface area contributed by atoms with Crippen molar-refractivity contribution >= 4 is 29.0 Å². The summed E-state index contributed by atoms with van der Waals surface area (Å²) in [5, 5.41) is 3.40. The van der Waals surface area contributed by atoms with Crippen molar-refractivity contribution in [1.82, 2.24) is 4.90 Å². The van der Waals surface area contributed by atoms with E-state index in [0.717, 1.165) is 12.2 Å². The Bertz CT molecular complexity index is 484. The van der Waals surface area contributed by atoms with E-state index < -0.39 is 0 Å². The zero-order chi connectivity index (χ0) is 14.0. The van der Waals surface area contributed by atoms with Gasteiger partial charge in [-0.15, -0.1) is 0 Å². The van der Waals surface area contributed by atoms with Crippen LogP contribution in [0.5, 0.6) is 0 Å². The highest BCUT2D eigenvalue weighted by molar-refractivity contribution is 8.00. The van der Waals surface area contributed by atoms with Gasteiger partial charge in [-0.1, -0.05) is 0 Å². The van der Waals surface area contributed by atoms with E-state index in [0.29, 0.717) is 16.0 Å². The van der Waals surface area contributed by atoms with E-state index in [9.17, 15) is 4.79 Å². The van der Waals surface area contributed by atoms with Gasteiger partial charge >= 0.3 is 0 Å². The summed E-state index contributed by atoms with van der Waals surface area (Å²) in [6, 6.07) is 5.40. The van der Waals surface area contributed by atoms with Gasteiger partial charge in [0.05, 0.1) is 5.56 Å². The van der Waals surface area contributed by atoms with E-state index >= 15 is 0 Å². The molecule has 0 atom stereocenters. The van der Waals surface area contributed by atoms with E-state index in [1.165, 1.54) is 12.8 Å². The summed E-state index contributed by atoms with van der Waals surface area (Å²) in [6.45, 7) is 0.880. The number of anilines is 2. The first-order chi connectivity index (χ1) is 8.97. The Morgan fingerprint density at radius 1 is 1.47 bits per heavy atom. The monoisotopic (exact) mass is 279 g/mol. The van der Waals surface area contributed by atoms with Gasteiger partial charge in [0.1, 0.15) is 0 Å². The number of nitrogen functional groups attached to an aromatic ring is 1. The number of thioether (sulfide) groups is 1. The second-order valence-electron chi connectivity index (χ2n) is 5.25. The maximum absolute atomic E-state index is 12.1. The second-order valence-corrected chi connectivity index (χ2v) is 6.52. The highest BCUT2D eigenvalue weighted by Gasteiger charge is 2.41. The molecule has 19 heavy (non-hydrogen) atoms. The lowest BCUT2D eigenvalue weighted by atomic mass is 10.1. The summed E-state index contributed by atoms with van der Waals surface area (Å²) in [6.07, 6.45) is 4.61. The van der Waals surface area contributed by atoms with E-state index in [-0.39, 0.29) is 5.91 Å². The first-order valence-corrected chi connectivity index (χ1v) is 7.60. The lowest BCUT2D eigenvalue weighted by Crippen LogP contribution is -2.24. The van der Waals surface area contributed by atoms with Gasteiger partial charge in [0, 0.05) is 36.8 Å². The molecule has 3 N–H and O–H groups in total. The van der Waals surface area contributed by atoms with Crippen LogP contribution in [0.15, 0.2) is 18.2 Å². The lowest BCUT2D eigenvalue weighted by Gasteiger charge is -2.18. The molecule has 5 heteroatoms. The Balaban J connectivity index is 2.17. The van der Waals surface area contributed by atoms with Crippen molar-refractivity contribution in [3.63, 3.8) is 0 Å². The van der Waals surface area contributed by atoms with E-state index in [2.05, 4.69) is 11.6 Å². The minimum absolute atomic E-state index is 0.00324. The molecule has 0 aromatic heterocycles. The number of carbonyl (C=O) groups is 1. The molecule has 1 saturated carbocycles. The molecular weight excluding hydrogens is 258 g/mol. The van der Waals surface area contributed by atoms with Gasteiger partial charge in [-0.3, -0.25) is 4.79 Å². The normalized spacial score (nSPS) is 15.9. The molecule has 0 saturated heterocycles. The lowest BCUT2D eigenvalue weighted by molar-refractivity contribution is 0.0828. The number of rotatable bonds is 5. The molecule has 2 rings (SSSR count). The Morgan fingerprint density at radius 2 is 2.16 bits per heavy atom. The SMILES string of the molecule is CSC1(CNc2cc(N)ccc2C(=O)N(C)C)CC1. The van der Waals surface area contributed by atoms with Gasteiger partial charge in [0.15, 0.2) is 0 Å². The Kier molecular flexibility index (Phi) is 3.94. The quantitative estimate of drug-likeness (QED) is 0.812. The average molecular weight is 279 g/mol. The van der Waals surface area contributed by atoms with Crippen LogP contribution in [0.1, 0.15) is 23.2 Å². The van der Waals surface area contributed by atoms with Gasteiger partial charge in [-0.05, 0) is 37.3 Å². The summed E-state index contributed by atoms with van der Waals surface area (Å²) < 4.78 is 0.350. The van der Waals surface area contributed by atoms with Crippen molar-refractivity contribution in [3.05, 3.63) is 23.8 Å². The van der Waals surface area contributed by atoms with Crippen LogP contribution in [0.2, 0.25) is 0 Å². The highest BCUT2D eigenvalue weighted by Crippen LogP contribution is 2.47. The Morgan fingerprint density at radius 3 is 2.68 bits per heavy atom. The highest BCUT2D eigenvalue weighted by atomic mass is 32.2. The molecular formula is C14H21N3OS. The molecule has 0 heterocycles. The topological polar surface area (TPSA) is 58.4 Å². The van der Waals surface area contributed by atoms with Crippen molar-refractivity contribution in [2.75, 3.05) is 37.9 Å². The maximum atomic E-state index is 12.1. The first kappa shape index (κ1) is 14.1. The summed E-state index contributed by atoms with van der Waals surface area (Å²) >= 11 is 1.89. The molecule has 1 aromatic rings. The average Bonchev–Trinajstić information content (AvgIpc) is 3.16. The van der Waals surface area contributed by atoms with Crippen LogP contribution in [0.25, 0.3) is 0 Å². The predicted molar refractivity (Wildman–Crippen MR) is 82.8 cm³/mol. The van der Waals surface area contributed by atoms with Gasteiger partial charge in [0.2, 0.25) is 0 Å². The van der Waals surface area contributed by atoms with Crippen LogP contribution in [0, 0.1) is 0 Å².